The number of alkyl halides is 3. The third kappa shape index (κ3) is 10.5. The molecule has 0 radical (unpaired) electrons. The number of hydrogen-bond acceptors (Lipinski definition) is 3. The standard InChI is InChI=1S/C11H22F3NO2/c1-4-5-15(8-11(12,13)14)6-10(16)7-17-9(2)3/h9-10,16H,4-8H2,1-3H3. The predicted octanol–water partition coefficient (Wildman–Crippen LogP) is 2.05. The highest BCUT2D eigenvalue weighted by atomic mass is 19.4. The highest BCUT2D eigenvalue weighted by molar-refractivity contribution is 4.68. The molecule has 0 aliphatic heterocycles. The molecule has 1 N–H and O–H groups in total. The molecule has 0 aromatic heterocycles. The van der Waals surface area contributed by atoms with Gasteiger partial charge in [0.1, 0.15) is 0 Å². The molecule has 3 nitrogen and oxygen atoms in total. The van der Waals surface area contributed by atoms with Gasteiger partial charge in [-0.3, -0.25) is 4.90 Å². The molecule has 0 aliphatic rings. The zero-order chi connectivity index (χ0) is 13.5. The predicted molar refractivity (Wildman–Crippen MR) is 59.9 cm³/mol. The van der Waals surface area contributed by atoms with Crippen LogP contribution in [-0.2, 0) is 4.74 Å². The number of aliphatic hydroxyl groups excluding tert-OH is 1. The summed E-state index contributed by atoms with van der Waals surface area (Å²) in [4.78, 5) is 1.20. The summed E-state index contributed by atoms with van der Waals surface area (Å²) in [5, 5.41) is 9.56. The van der Waals surface area contributed by atoms with E-state index >= 15 is 0 Å². The van der Waals surface area contributed by atoms with Crippen molar-refractivity contribution in [2.75, 3.05) is 26.2 Å². The molecule has 1 atom stereocenters. The number of ether oxygens (including phenoxy) is 1. The fraction of sp³-hybridized carbons (Fsp3) is 1.00. The van der Waals surface area contributed by atoms with Gasteiger partial charge in [0.25, 0.3) is 0 Å². The Morgan fingerprint density at radius 2 is 1.88 bits per heavy atom. The quantitative estimate of drug-likeness (QED) is 0.722. The van der Waals surface area contributed by atoms with Crippen LogP contribution in [0.4, 0.5) is 13.2 Å². The number of hydrogen-bond donors (Lipinski definition) is 1. The van der Waals surface area contributed by atoms with Crippen molar-refractivity contribution in [1.29, 1.82) is 0 Å². The number of nitrogens with zero attached hydrogens (tertiary/aromatic N) is 1. The molecule has 0 saturated carbocycles. The normalized spacial score (nSPS) is 14.6. The third-order valence-corrected chi connectivity index (χ3v) is 2.03. The monoisotopic (exact) mass is 257 g/mol. The molecule has 0 aromatic carbocycles. The highest BCUT2D eigenvalue weighted by Gasteiger charge is 2.31. The Hall–Kier alpha value is -0.330. The van der Waals surface area contributed by atoms with Crippen LogP contribution in [0.3, 0.4) is 0 Å². The summed E-state index contributed by atoms with van der Waals surface area (Å²) in [6.45, 7) is 4.81. The van der Waals surface area contributed by atoms with Crippen LogP contribution in [0.1, 0.15) is 27.2 Å². The average Bonchev–Trinajstić information content (AvgIpc) is 2.12. The maximum atomic E-state index is 12.2. The molecule has 104 valence electrons. The molecule has 0 saturated heterocycles. The largest absolute Gasteiger partial charge is 0.401 e. The lowest BCUT2D eigenvalue weighted by Crippen LogP contribution is -2.41. The minimum absolute atomic E-state index is 0.0138. The van der Waals surface area contributed by atoms with Crippen molar-refractivity contribution in [3.05, 3.63) is 0 Å². The second-order valence-electron chi connectivity index (χ2n) is 4.39. The van der Waals surface area contributed by atoms with E-state index in [-0.39, 0.29) is 19.3 Å². The lowest BCUT2D eigenvalue weighted by atomic mass is 10.3. The number of halogens is 3. The SMILES string of the molecule is CCCN(CC(O)COC(C)C)CC(F)(F)F. The smallest absolute Gasteiger partial charge is 0.389 e. The van der Waals surface area contributed by atoms with Crippen molar-refractivity contribution in [3.63, 3.8) is 0 Å². The van der Waals surface area contributed by atoms with Gasteiger partial charge in [0.05, 0.1) is 25.4 Å². The van der Waals surface area contributed by atoms with Crippen molar-refractivity contribution in [2.45, 2.75) is 45.6 Å². The van der Waals surface area contributed by atoms with Gasteiger partial charge in [0, 0.05) is 6.54 Å². The Kier molecular flexibility index (Phi) is 7.74. The minimum atomic E-state index is -4.23. The van der Waals surface area contributed by atoms with Crippen LogP contribution in [0.5, 0.6) is 0 Å². The van der Waals surface area contributed by atoms with Crippen LogP contribution >= 0.6 is 0 Å². The molecule has 0 amide bonds. The van der Waals surface area contributed by atoms with Gasteiger partial charge in [-0.15, -0.1) is 0 Å². The highest BCUT2D eigenvalue weighted by Crippen LogP contribution is 2.16. The van der Waals surface area contributed by atoms with E-state index in [2.05, 4.69) is 0 Å². The average molecular weight is 257 g/mol. The van der Waals surface area contributed by atoms with E-state index in [0.29, 0.717) is 13.0 Å². The van der Waals surface area contributed by atoms with Gasteiger partial charge in [-0.25, -0.2) is 0 Å². The lowest BCUT2D eigenvalue weighted by molar-refractivity contribution is -0.149. The first-order valence-corrected chi connectivity index (χ1v) is 5.83. The first-order valence-electron chi connectivity index (χ1n) is 5.83. The molecule has 0 spiro atoms. The Labute approximate surface area is 101 Å². The fourth-order valence-corrected chi connectivity index (χ4v) is 1.46. The van der Waals surface area contributed by atoms with Gasteiger partial charge in [0.15, 0.2) is 0 Å². The molecule has 0 heterocycles. The van der Waals surface area contributed by atoms with Crippen molar-refractivity contribution in [1.82, 2.24) is 4.90 Å². The summed E-state index contributed by atoms with van der Waals surface area (Å²) in [6.07, 6.45) is -4.53. The van der Waals surface area contributed by atoms with Gasteiger partial charge in [0.2, 0.25) is 0 Å². The summed E-state index contributed by atoms with van der Waals surface area (Å²) in [5.41, 5.74) is 0. The van der Waals surface area contributed by atoms with Crippen molar-refractivity contribution < 1.29 is 23.0 Å². The van der Waals surface area contributed by atoms with E-state index in [0.717, 1.165) is 0 Å². The molecular formula is C11H22F3NO2. The van der Waals surface area contributed by atoms with Crippen LogP contribution < -0.4 is 0 Å². The fourth-order valence-electron chi connectivity index (χ4n) is 1.46. The van der Waals surface area contributed by atoms with Crippen LogP contribution in [0.15, 0.2) is 0 Å². The lowest BCUT2D eigenvalue weighted by Gasteiger charge is -2.25. The molecule has 0 aromatic rings. The molecule has 0 rings (SSSR count). The van der Waals surface area contributed by atoms with Crippen LogP contribution in [0, 0.1) is 0 Å². The molecule has 1 unspecified atom stereocenters. The molecular weight excluding hydrogens is 235 g/mol. The first-order chi connectivity index (χ1) is 7.74. The molecule has 0 fully saturated rings. The van der Waals surface area contributed by atoms with E-state index in [9.17, 15) is 18.3 Å². The van der Waals surface area contributed by atoms with E-state index in [1.54, 1.807) is 6.92 Å². The van der Waals surface area contributed by atoms with Gasteiger partial charge in [-0.1, -0.05) is 6.92 Å². The van der Waals surface area contributed by atoms with Gasteiger partial charge in [-0.05, 0) is 26.8 Å². The topological polar surface area (TPSA) is 32.7 Å². The summed E-state index contributed by atoms with van der Waals surface area (Å²) in [7, 11) is 0. The second kappa shape index (κ2) is 7.89. The summed E-state index contributed by atoms with van der Waals surface area (Å²) < 4.78 is 41.9. The van der Waals surface area contributed by atoms with Crippen molar-refractivity contribution in [3.8, 4) is 0 Å². The van der Waals surface area contributed by atoms with Gasteiger partial charge >= 0.3 is 6.18 Å². The molecule has 17 heavy (non-hydrogen) atoms. The van der Waals surface area contributed by atoms with Crippen LogP contribution in [0.2, 0.25) is 0 Å². The molecule has 6 heteroatoms. The maximum Gasteiger partial charge on any atom is 0.401 e. The van der Waals surface area contributed by atoms with E-state index in [4.69, 9.17) is 4.74 Å². The van der Waals surface area contributed by atoms with Gasteiger partial charge in [-0.2, -0.15) is 13.2 Å². The Morgan fingerprint density at radius 3 is 2.29 bits per heavy atom. The zero-order valence-corrected chi connectivity index (χ0v) is 10.6. The molecule has 0 aliphatic carbocycles. The Balaban J connectivity index is 4.05. The second-order valence-corrected chi connectivity index (χ2v) is 4.39. The number of aliphatic hydroxyl groups is 1. The van der Waals surface area contributed by atoms with E-state index in [1.807, 2.05) is 13.8 Å². The van der Waals surface area contributed by atoms with Crippen LogP contribution in [-0.4, -0.2) is 54.6 Å². The maximum absolute atomic E-state index is 12.2. The first kappa shape index (κ1) is 16.7. The number of rotatable bonds is 8. The summed E-state index contributed by atoms with van der Waals surface area (Å²) in [5.74, 6) is 0. The Morgan fingerprint density at radius 1 is 1.29 bits per heavy atom. The molecule has 0 bridgehead atoms. The van der Waals surface area contributed by atoms with Crippen LogP contribution in [0.25, 0.3) is 0 Å². The zero-order valence-electron chi connectivity index (χ0n) is 10.6. The van der Waals surface area contributed by atoms with Gasteiger partial charge < -0.3 is 9.84 Å². The van der Waals surface area contributed by atoms with E-state index in [1.165, 1.54) is 4.90 Å². The van der Waals surface area contributed by atoms with Crippen molar-refractivity contribution >= 4 is 0 Å². The van der Waals surface area contributed by atoms with E-state index < -0.39 is 18.8 Å². The summed E-state index contributed by atoms with van der Waals surface area (Å²) >= 11 is 0. The third-order valence-electron chi connectivity index (χ3n) is 2.03. The summed E-state index contributed by atoms with van der Waals surface area (Å²) in [6, 6.07) is 0. The minimum Gasteiger partial charge on any atom is -0.389 e. The Bertz CT molecular complexity index is 198. The van der Waals surface area contributed by atoms with Crippen molar-refractivity contribution in [2.24, 2.45) is 0 Å².